The number of fused-ring (bicyclic) bond motifs is 5. The zero-order chi connectivity index (χ0) is 44.0. The van der Waals surface area contributed by atoms with Gasteiger partial charge in [0.1, 0.15) is 12.7 Å². The highest BCUT2D eigenvalue weighted by Crippen LogP contribution is 2.67. The lowest BCUT2D eigenvalue weighted by Crippen LogP contribution is -2.51. The molecule has 3 saturated carbocycles. The predicted molar refractivity (Wildman–Crippen MR) is 260 cm³/mol. The number of unbranched alkanes of at least 4 members (excludes halogenated alkanes) is 12. The van der Waals surface area contributed by atoms with Crippen LogP contribution in [0.25, 0.3) is 0 Å². The summed E-state index contributed by atoms with van der Waals surface area (Å²) in [6.45, 7) is 20.0. The zero-order valence-corrected chi connectivity index (χ0v) is 41.6. The average molecular weight is 866 g/mol. The minimum Gasteiger partial charge on any atom is -0.432 e. The highest BCUT2D eigenvalue weighted by molar-refractivity contribution is 5.60. The van der Waals surface area contributed by atoms with Gasteiger partial charge in [0.2, 0.25) is 0 Å². The van der Waals surface area contributed by atoms with Crippen LogP contribution < -0.4 is 0 Å². The molecule has 5 rings (SSSR count). The molecule has 1 saturated heterocycles. The highest BCUT2D eigenvalue weighted by Gasteiger charge is 2.59. The number of hydrogen-bond acceptors (Lipinski definition) is 6. The van der Waals surface area contributed by atoms with Crippen LogP contribution in [-0.4, -0.2) is 69.3 Å². The number of piperidine rings is 1. The lowest BCUT2D eigenvalue weighted by molar-refractivity contribution is -0.0668. The largest absolute Gasteiger partial charge is 0.508 e. The molecule has 0 aromatic heterocycles. The zero-order valence-electron chi connectivity index (χ0n) is 41.6. The second-order valence-electron chi connectivity index (χ2n) is 22.2. The molecule has 5 aliphatic rings. The molecule has 0 N–H and O–H groups in total. The summed E-state index contributed by atoms with van der Waals surface area (Å²) in [5, 5.41) is 0. The van der Waals surface area contributed by atoms with Gasteiger partial charge in [0, 0.05) is 19.6 Å². The van der Waals surface area contributed by atoms with Gasteiger partial charge in [0.25, 0.3) is 0 Å². The molecule has 358 valence electrons. The maximum atomic E-state index is 13.0. The van der Waals surface area contributed by atoms with Crippen molar-refractivity contribution in [2.45, 2.75) is 234 Å². The minimum absolute atomic E-state index is 0.00851. The van der Waals surface area contributed by atoms with E-state index in [4.69, 9.17) is 18.9 Å². The van der Waals surface area contributed by atoms with Gasteiger partial charge in [-0.1, -0.05) is 149 Å². The van der Waals surface area contributed by atoms with Crippen LogP contribution in [0.4, 0.5) is 4.79 Å². The summed E-state index contributed by atoms with van der Waals surface area (Å²) in [5.41, 5.74) is 2.32. The Morgan fingerprint density at radius 3 is 2.21 bits per heavy atom. The molecule has 0 aromatic carbocycles. The molecule has 0 radical (unpaired) electrons. The molecule has 1 aliphatic heterocycles. The molecule has 0 spiro atoms. The van der Waals surface area contributed by atoms with Crippen molar-refractivity contribution in [3.05, 3.63) is 23.8 Å². The topological polar surface area (TPSA) is 57.2 Å². The Balaban J connectivity index is 0.944. The number of nitrogens with zero attached hydrogens (tertiary/aromatic N) is 1. The number of rotatable bonds is 30. The van der Waals surface area contributed by atoms with Crippen molar-refractivity contribution in [1.29, 1.82) is 0 Å². The first kappa shape index (κ1) is 51.6. The molecular formula is C56H99NO5. The summed E-state index contributed by atoms with van der Waals surface area (Å²) in [6.07, 6.45) is 43.0. The Morgan fingerprint density at radius 2 is 1.48 bits per heavy atom. The third kappa shape index (κ3) is 16.2. The predicted octanol–water partition coefficient (Wildman–Crippen LogP) is 15.5. The van der Waals surface area contributed by atoms with E-state index in [1.165, 1.54) is 154 Å². The molecule has 62 heavy (non-hydrogen) atoms. The normalized spacial score (nSPS) is 29.9. The van der Waals surface area contributed by atoms with Gasteiger partial charge in [0.05, 0.1) is 19.3 Å². The fourth-order valence-corrected chi connectivity index (χ4v) is 13.5. The van der Waals surface area contributed by atoms with Crippen molar-refractivity contribution in [1.82, 2.24) is 4.90 Å². The van der Waals surface area contributed by atoms with Crippen LogP contribution in [-0.2, 0) is 18.9 Å². The Morgan fingerprint density at radius 1 is 0.774 bits per heavy atom. The van der Waals surface area contributed by atoms with Gasteiger partial charge < -0.3 is 23.8 Å². The molecule has 4 fully saturated rings. The van der Waals surface area contributed by atoms with Crippen LogP contribution in [0.5, 0.6) is 0 Å². The van der Waals surface area contributed by atoms with Gasteiger partial charge >= 0.3 is 6.16 Å². The number of hydrogen-bond donors (Lipinski definition) is 0. The summed E-state index contributed by atoms with van der Waals surface area (Å²) >= 11 is 0. The Kier molecular flexibility index (Phi) is 23.3. The fourth-order valence-electron chi connectivity index (χ4n) is 13.5. The molecule has 1 unspecified atom stereocenters. The lowest BCUT2D eigenvalue weighted by Gasteiger charge is -2.58. The molecular weight excluding hydrogens is 767 g/mol. The maximum Gasteiger partial charge on any atom is 0.508 e. The summed E-state index contributed by atoms with van der Waals surface area (Å²) < 4.78 is 24.1. The standard InChI is InChI=1S/C56H99NO5/c1-7-8-9-10-11-12-13-14-15-16-17-18-19-20-21-25-39-59-44-49(43-57-37-23-22-24-38-57)60-40-41-61-54(58)62-48-33-35-55(5)47(42-48)29-30-50-52-32-31-51(46(4)28-26-27-45(2)3)56(52,6)36-34-53(50)55/h14-15,29,45-46,48-53H,7-13,16-28,30-44H2,1-6H3/t46-,48+,49?,50+,51-,52+,53+,55+,56-/m1/s1. The number of ether oxygens (including phenoxy) is 4. The lowest BCUT2D eigenvalue weighted by atomic mass is 9.47. The third-order valence-electron chi connectivity index (χ3n) is 17.2. The average Bonchev–Trinajstić information content (AvgIpc) is 3.62. The van der Waals surface area contributed by atoms with Crippen molar-refractivity contribution in [2.24, 2.45) is 46.3 Å². The van der Waals surface area contributed by atoms with Crippen LogP contribution in [0.1, 0.15) is 221 Å². The first-order valence-electron chi connectivity index (χ1n) is 27.2. The van der Waals surface area contributed by atoms with E-state index in [1.807, 2.05) is 0 Å². The Bertz CT molecular complexity index is 1290. The second-order valence-corrected chi connectivity index (χ2v) is 22.2. The van der Waals surface area contributed by atoms with Crippen LogP contribution in [0.15, 0.2) is 23.8 Å². The second kappa shape index (κ2) is 28.0. The smallest absolute Gasteiger partial charge is 0.432 e. The molecule has 6 nitrogen and oxygen atoms in total. The van der Waals surface area contributed by atoms with Crippen LogP contribution in [0.3, 0.4) is 0 Å². The van der Waals surface area contributed by atoms with Crippen LogP contribution >= 0.6 is 0 Å². The molecule has 9 atom stereocenters. The monoisotopic (exact) mass is 866 g/mol. The van der Waals surface area contributed by atoms with E-state index in [-0.39, 0.29) is 24.2 Å². The molecule has 1 heterocycles. The maximum absolute atomic E-state index is 13.0. The van der Waals surface area contributed by atoms with Crippen LogP contribution in [0.2, 0.25) is 0 Å². The summed E-state index contributed by atoms with van der Waals surface area (Å²) in [4.78, 5) is 15.5. The summed E-state index contributed by atoms with van der Waals surface area (Å²) in [6, 6.07) is 0. The van der Waals surface area contributed by atoms with Gasteiger partial charge in [-0.05, 0) is 149 Å². The Labute approximate surface area is 383 Å². The van der Waals surface area contributed by atoms with E-state index in [2.05, 4.69) is 64.7 Å². The van der Waals surface area contributed by atoms with Crippen LogP contribution in [0, 0.1) is 46.3 Å². The molecule has 0 aromatic rings. The van der Waals surface area contributed by atoms with E-state index >= 15 is 0 Å². The third-order valence-corrected chi connectivity index (χ3v) is 17.2. The molecule has 0 bridgehead atoms. The SMILES string of the molecule is CCCCCCCCC=CCCCCCCCCOCC(CN1CCCCC1)OCCOC(=O)O[C@H]1CC[C@@]2(C)C(=CC[C@H]3[C@@H]4CC[C@H]([C@H](C)CCCC(C)C)[C@@]4(C)CC[C@@H]32)C1. The summed E-state index contributed by atoms with van der Waals surface area (Å²) in [5.74, 6) is 5.02. The van der Waals surface area contributed by atoms with Gasteiger partial charge in [-0.15, -0.1) is 0 Å². The van der Waals surface area contributed by atoms with Crippen molar-refractivity contribution >= 4 is 6.16 Å². The van der Waals surface area contributed by atoms with Gasteiger partial charge in [-0.3, -0.25) is 0 Å². The fraction of sp³-hybridized carbons (Fsp3) is 0.911. The van der Waals surface area contributed by atoms with E-state index < -0.39 is 6.16 Å². The quantitative estimate of drug-likeness (QED) is 0.0407. The number of carbonyl (C=O) groups excluding carboxylic acids is 1. The van der Waals surface area contributed by atoms with E-state index in [9.17, 15) is 4.79 Å². The molecule has 6 heteroatoms. The van der Waals surface area contributed by atoms with E-state index in [1.54, 1.807) is 5.57 Å². The number of likely N-dealkylation sites (tertiary alicyclic amines) is 1. The van der Waals surface area contributed by atoms with E-state index in [0.717, 1.165) is 87.4 Å². The summed E-state index contributed by atoms with van der Waals surface area (Å²) in [7, 11) is 0. The van der Waals surface area contributed by atoms with Crippen molar-refractivity contribution in [2.75, 3.05) is 46.1 Å². The number of carbonyl (C=O) groups is 1. The van der Waals surface area contributed by atoms with Gasteiger partial charge in [0.15, 0.2) is 0 Å². The van der Waals surface area contributed by atoms with Crippen molar-refractivity contribution < 1.29 is 23.7 Å². The van der Waals surface area contributed by atoms with Crippen molar-refractivity contribution in [3.8, 4) is 0 Å². The van der Waals surface area contributed by atoms with E-state index in [0.29, 0.717) is 18.6 Å². The molecule has 4 aliphatic carbocycles. The first-order chi connectivity index (χ1) is 30.1. The Hall–Kier alpha value is -1.37. The molecule has 0 amide bonds. The van der Waals surface area contributed by atoms with Gasteiger partial charge in [-0.25, -0.2) is 4.79 Å². The van der Waals surface area contributed by atoms with Crippen molar-refractivity contribution in [3.63, 3.8) is 0 Å². The van der Waals surface area contributed by atoms with Gasteiger partial charge in [-0.2, -0.15) is 0 Å². The number of allylic oxidation sites excluding steroid dienone is 3. The first-order valence-corrected chi connectivity index (χ1v) is 27.2. The highest BCUT2D eigenvalue weighted by atomic mass is 16.7. The minimum atomic E-state index is -0.534.